The Bertz CT molecular complexity index is 466. The van der Waals surface area contributed by atoms with Gasteiger partial charge in [0.1, 0.15) is 6.04 Å². The number of Topliss-reactive ketones (excluding diaryl/α,β-unsaturated/α-hetero) is 1. The SMILES string of the molecule is CC[N+]1(C(C)C(=O)Cc2c(C)cccc2C)CCCC1. The number of aryl methyl sites for hydroxylation is 2. The number of likely N-dealkylation sites (N-methyl/N-ethyl adjacent to an activating group) is 1. The van der Waals surface area contributed by atoms with E-state index in [0.29, 0.717) is 12.2 Å². The maximum Gasteiger partial charge on any atom is 0.194 e. The Morgan fingerprint density at radius 2 is 1.75 bits per heavy atom. The standard InChI is InChI=1S/C18H28NO/c1-5-19(11-6-7-12-19)16(4)18(20)13-17-14(2)9-8-10-15(17)3/h8-10,16H,5-7,11-13H2,1-4H3/q+1. The zero-order chi connectivity index (χ0) is 14.8. The Kier molecular flexibility index (Phi) is 4.64. The van der Waals surface area contributed by atoms with Gasteiger partial charge in [0.25, 0.3) is 0 Å². The molecule has 1 atom stereocenters. The number of quaternary nitrogens is 1. The molecule has 1 unspecified atom stereocenters. The number of ketones is 1. The molecule has 1 aromatic carbocycles. The summed E-state index contributed by atoms with van der Waals surface area (Å²) >= 11 is 0. The van der Waals surface area contributed by atoms with Crippen molar-refractivity contribution in [2.75, 3.05) is 19.6 Å². The second-order valence-corrected chi connectivity index (χ2v) is 6.38. The van der Waals surface area contributed by atoms with Crippen LogP contribution in [0.5, 0.6) is 0 Å². The van der Waals surface area contributed by atoms with Gasteiger partial charge in [-0.25, -0.2) is 0 Å². The van der Waals surface area contributed by atoms with E-state index in [4.69, 9.17) is 0 Å². The highest BCUT2D eigenvalue weighted by molar-refractivity contribution is 5.85. The summed E-state index contributed by atoms with van der Waals surface area (Å²) in [5.41, 5.74) is 3.72. The molecular weight excluding hydrogens is 246 g/mol. The first-order chi connectivity index (χ1) is 9.50. The van der Waals surface area contributed by atoms with Crippen LogP contribution in [-0.4, -0.2) is 35.9 Å². The van der Waals surface area contributed by atoms with Crippen molar-refractivity contribution >= 4 is 5.78 Å². The van der Waals surface area contributed by atoms with Gasteiger partial charge >= 0.3 is 0 Å². The zero-order valence-electron chi connectivity index (χ0n) is 13.4. The van der Waals surface area contributed by atoms with Gasteiger partial charge in [0, 0.05) is 19.3 Å². The third-order valence-corrected chi connectivity index (χ3v) is 5.37. The minimum atomic E-state index is 0.140. The van der Waals surface area contributed by atoms with Gasteiger partial charge in [-0.05, 0) is 44.4 Å². The highest BCUT2D eigenvalue weighted by atomic mass is 16.1. The van der Waals surface area contributed by atoms with Crippen molar-refractivity contribution in [3.8, 4) is 0 Å². The lowest BCUT2D eigenvalue weighted by Gasteiger charge is -2.38. The molecule has 2 rings (SSSR count). The van der Waals surface area contributed by atoms with Crippen molar-refractivity contribution in [3.63, 3.8) is 0 Å². The predicted octanol–water partition coefficient (Wildman–Crippen LogP) is 3.43. The van der Waals surface area contributed by atoms with Crippen molar-refractivity contribution in [2.24, 2.45) is 0 Å². The quantitative estimate of drug-likeness (QED) is 0.752. The molecule has 2 heteroatoms. The van der Waals surface area contributed by atoms with E-state index < -0.39 is 0 Å². The second-order valence-electron chi connectivity index (χ2n) is 6.38. The van der Waals surface area contributed by atoms with E-state index in [1.165, 1.54) is 42.6 Å². The molecule has 1 aliphatic rings. The van der Waals surface area contributed by atoms with Crippen LogP contribution in [0.25, 0.3) is 0 Å². The molecule has 1 aromatic rings. The van der Waals surface area contributed by atoms with E-state index in [0.717, 1.165) is 11.0 Å². The van der Waals surface area contributed by atoms with Crippen LogP contribution in [0.3, 0.4) is 0 Å². The first-order valence-corrected chi connectivity index (χ1v) is 7.94. The van der Waals surface area contributed by atoms with Crippen LogP contribution in [0.1, 0.15) is 43.4 Å². The maximum atomic E-state index is 12.8. The first-order valence-electron chi connectivity index (χ1n) is 7.94. The summed E-state index contributed by atoms with van der Waals surface area (Å²) in [7, 11) is 0. The van der Waals surface area contributed by atoms with Crippen LogP contribution in [0.15, 0.2) is 18.2 Å². The fraction of sp³-hybridized carbons (Fsp3) is 0.611. The van der Waals surface area contributed by atoms with E-state index in [9.17, 15) is 4.79 Å². The van der Waals surface area contributed by atoms with Gasteiger partial charge in [0.2, 0.25) is 0 Å². The Morgan fingerprint density at radius 1 is 1.20 bits per heavy atom. The summed E-state index contributed by atoms with van der Waals surface area (Å²) in [6.45, 7) is 12.0. The van der Waals surface area contributed by atoms with Crippen molar-refractivity contribution in [2.45, 2.75) is 53.0 Å². The molecule has 2 nitrogen and oxygen atoms in total. The summed E-state index contributed by atoms with van der Waals surface area (Å²) < 4.78 is 1.00. The van der Waals surface area contributed by atoms with Crippen LogP contribution >= 0.6 is 0 Å². The van der Waals surface area contributed by atoms with Crippen LogP contribution in [0.4, 0.5) is 0 Å². The molecule has 0 N–H and O–H groups in total. The highest BCUT2D eigenvalue weighted by Gasteiger charge is 2.39. The Balaban J connectivity index is 2.15. The molecule has 1 saturated heterocycles. The van der Waals surface area contributed by atoms with Gasteiger partial charge in [-0.2, -0.15) is 0 Å². The van der Waals surface area contributed by atoms with Gasteiger partial charge in [-0.15, -0.1) is 0 Å². The lowest BCUT2D eigenvalue weighted by atomic mass is 9.95. The summed E-state index contributed by atoms with van der Waals surface area (Å²) in [4.78, 5) is 12.8. The molecule has 0 aromatic heterocycles. The van der Waals surface area contributed by atoms with Gasteiger partial charge in [-0.3, -0.25) is 4.79 Å². The topological polar surface area (TPSA) is 17.1 Å². The minimum Gasteiger partial charge on any atom is -0.315 e. The second kappa shape index (κ2) is 6.09. The van der Waals surface area contributed by atoms with Crippen molar-refractivity contribution in [1.82, 2.24) is 0 Å². The molecule has 20 heavy (non-hydrogen) atoms. The number of carbonyl (C=O) groups is 1. The molecule has 0 bridgehead atoms. The number of likely N-dealkylation sites (tertiary alicyclic amines) is 1. The van der Waals surface area contributed by atoms with E-state index in [1.54, 1.807) is 0 Å². The zero-order valence-corrected chi connectivity index (χ0v) is 13.4. The number of carbonyl (C=O) groups excluding carboxylic acids is 1. The molecule has 110 valence electrons. The third-order valence-electron chi connectivity index (χ3n) is 5.37. The van der Waals surface area contributed by atoms with E-state index in [1.807, 2.05) is 0 Å². The average Bonchev–Trinajstić information content (AvgIpc) is 2.92. The fourth-order valence-corrected chi connectivity index (χ4v) is 3.70. The molecule has 0 radical (unpaired) electrons. The average molecular weight is 274 g/mol. The Morgan fingerprint density at radius 3 is 2.25 bits per heavy atom. The molecule has 0 aliphatic carbocycles. The van der Waals surface area contributed by atoms with Crippen LogP contribution in [0, 0.1) is 13.8 Å². The third kappa shape index (κ3) is 2.80. The molecule has 1 heterocycles. The number of nitrogens with zero attached hydrogens (tertiary/aromatic N) is 1. The van der Waals surface area contributed by atoms with Gasteiger partial charge in [-0.1, -0.05) is 18.2 Å². The summed E-state index contributed by atoms with van der Waals surface area (Å²) in [5.74, 6) is 0.408. The number of hydrogen-bond acceptors (Lipinski definition) is 1. The van der Waals surface area contributed by atoms with E-state index in [2.05, 4.69) is 45.9 Å². The van der Waals surface area contributed by atoms with Crippen molar-refractivity contribution in [1.29, 1.82) is 0 Å². The minimum absolute atomic E-state index is 0.140. The Labute approximate surface area is 123 Å². The van der Waals surface area contributed by atoms with E-state index >= 15 is 0 Å². The summed E-state index contributed by atoms with van der Waals surface area (Å²) in [5, 5.41) is 0. The molecule has 1 fully saturated rings. The smallest absolute Gasteiger partial charge is 0.194 e. The molecule has 0 amide bonds. The summed E-state index contributed by atoms with van der Waals surface area (Å²) in [6, 6.07) is 6.44. The van der Waals surface area contributed by atoms with Crippen LogP contribution in [0.2, 0.25) is 0 Å². The van der Waals surface area contributed by atoms with Crippen LogP contribution < -0.4 is 0 Å². The number of rotatable bonds is 5. The summed E-state index contributed by atoms with van der Waals surface area (Å²) in [6.07, 6.45) is 3.14. The van der Waals surface area contributed by atoms with Gasteiger partial charge in [0.05, 0.1) is 19.6 Å². The molecular formula is C18H28NO+. The Hall–Kier alpha value is -1.15. The predicted molar refractivity (Wildman–Crippen MR) is 83.9 cm³/mol. The first kappa shape index (κ1) is 15.2. The fourth-order valence-electron chi connectivity index (χ4n) is 3.70. The molecule has 0 spiro atoms. The van der Waals surface area contributed by atoms with E-state index in [-0.39, 0.29) is 6.04 Å². The lowest BCUT2D eigenvalue weighted by molar-refractivity contribution is -0.928. The number of hydrogen-bond donors (Lipinski definition) is 0. The van der Waals surface area contributed by atoms with Gasteiger partial charge < -0.3 is 4.48 Å². The largest absolute Gasteiger partial charge is 0.315 e. The molecule has 1 aliphatic heterocycles. The highest BCUT2D eigenvalue weighted by Crippen LogP contribution is 2.25. The molecule has 0 saturated carbocycles. The van der Waals surface area contributed by atoms with Gasteiger partial charge in [0.15, 0.2) is 5.78 Å². The normalized spacial score (nSPS) is 19.0. The van der Waals surface area contributed by atoms with Crippen LogP contribution in [-0.2, 0) is 11.2 Å². The monoisotopic (exact) mass is 274 g/mol. The van der Waals surface area contributed by atoms with Crippen molar-refractivity contribution in [3.05, 3.63) is 34.9 Å². The maximum absolute atomic E-state index is 12.8. The van der Waals surface area contributed by atoms with Crippen molar-refractivity contribution < 1.29 is 9.28 Å². The number of benzene rings is 1. The lowest BCUT2D eigenvalue weighted by Crippen LogP contribution is -2.55.